The maximum atomic E-state index is 12.1. The summed E-state index contributed by atoms with van der Waals surface area (Å²) in [7, 11) is 0. The molecule has 0 atom stereocenters. The van der Waals surface area contributed by atoms with Gasteiger partial charge in [-0.3, -0.25) is 0 Å². The van der Waals surface area contributed by atoms with Crippen LogP contribution in [0.15, 0.2) is 18.6 Å². The van der Waals surface area contributed by atoms with Gasteiger partial charge in [-0.1, -0.05) is 17.7 Å². The molecule has 0 fully saturated rings. The van der Waals surface area contributed by atoms with Gasteiger partial charge in [0.25, 0.3) is 0 Å². The molecule has 2 aromatic heterocycles. The highest BCUT2D eigenvalue weighted by molar-refractivity contribution is 6.33. The van der Waals surface area contributed by atoms with E-state index < -0.39 is 5.60 Å². The Morgan fingerprint density at radius 3 is 2.75 bits per heavy atom. The monoisotopic (exact) mass is 347 g/mol. The van der Waals surface area contributed by atoms with Crippen molar-refractivity contribution in [2.45, 2.75) is 32.8 Å². The summed E-state index contributed by atoms with van der Waals surface area (Å²) < 4.78 is 5.38. The van der Waals surface area contributed by atoms with Crippen LogP contribution in [-0.2, 0) is 4.74 Å². The Kier molecular flexibility index (Phi) is 4.36. The summed E-state index contributed by atoms with van der Waals surface area (Å²) in [6.07, 6.45) is 5.29. The van der Waals surface area contributed by atoms with Crippen LogP contribution in [-0.4, -0.2) is 49.6 Å². The second-order valence-corrected chi connectivity index (χ2v) is 6.86. The summed E-state index contributed by atoms with van der Waals surface area (Å²) in [5.74, 6) is 0.586. The number of hydrogen-bond donors (Lipinski definition) is 0. The van der Waals surface area contributed by atoms with E-state index in [1.807, 2.05) is 26.8 Å². The summed E-state index contributed by atoms with van der Waals surface area (Å²) in [4.78, 5) is 30.6. The van der Waals surface area contributed by atoms with Gasteiger partial charge in [-0.25, -0.2) is 24.7 Å². The molecule has 0 aliphatic carbocycles. The first-order valence-electron chi connectivity index (χ1n) is 7.64. The maximum Gasteiger partial charge on any atom is 0.410 e. The molecule has 126 valence electrons. The van der Waals surface area contributed by atoms with E-state index in [1.54, 1.807) is 11.1 Å². The van der Waals surface area contributed by atoms with Crippen LogP contribution in [0, 0.1) is 0 Å². The zero-order valence-corrected chi connectivity index (χ0v) is 14.5. The molecule has 0 aromatic carbocycles. The molecule has 7 nitrogen and oxygen atoms in total. The van der Waals surface area contributed by atoms with Gasteiger partial charge < -0.3 is 9.64 Å². The first-order valence-corrected chi connectivity index (χ1v) is 8.02. The van der Waals surface area contributed by atoms with Crippen LogP contribution in [0.3, 0.4) is 0 Å². The van der Waals surface area contributed by atoms with Gasteiger partial charge in [0.1, 0.15) is 23.0 Å². The van der Waals surface area contributed by atoms with Crippen molar-refractivity contribution in [1.82, 2.24) is 24.8 Å². The van der Waals surface area contributed by atoms with Crippen molar-refractivity contribution in [3.63, 3.8) is 0 Å². The van der Waals surface area contributed by atoms with Crippen LogP contribution in [0.5, 0.6) is 0 Å². The van der Waals surface area contributed by atoms with Crippen molar-refractivity contribution in [3.8, 4) is 0 Å². The van der Waals surface area contributed by atoms with Crippen LogP contribution in [0.1, 0.15) is 33.0 Å². The number of hydrogen-bond acceptors (Lipinski definition) is 6. The van der Waals surface area contributed by atoms with Crippen molar-refractivity contribution in [1.29, 1.82) is 0 Å². The largest absolute Gasteiger partial charge is 0.444 e. The number of aromatic nitrogens is 4. The first kappa shape index (κ1) is 16.6. The molecule has 1 amide bonds. The normalized spacial score (nSPS) is 15.3. The third-order valence-corrected chi connectivity index (χ3v) is 3.76. The van der Waals surface area contributed by atoms with Crippen LogP contribution in [0.25, 0.3) is 16.6 Å². The van der Waals surface area contributed by atoms with Gasteiger partial charge >= 0.3 is 6.09 Å². The molecule has 0 spiro atoms. The van der Waals surface area contributed by atoms with E-state index in [1.165, 1.54) is 6.33 Å². The molecule has 2 aromatic rings. The van der Waals surface area contributed by atoms with Crippen LogP contribution >= 0.6 is 11.6 Å². The molecule has 0 saturated heterocycles. The van der Waals surface area contributed by atoms with E-state index in [4.69, 9.17) is 16.3 Å². The summed E-state index contributed by atoms with van der Waals surface area (Å²) in [6, 6.07) is 0. The van der Waals surface area contributed by atoms with Gasteiger partial charge in [-0.05, 0) is 32.8 Å². The summed E-state index contributed by atoms with van der Waals surface area (Å²) >= 11 is 6.06. The fraction of sp³-hybridized carbons (Fsp3) is 0.438. The van der Waals surface area contributed by atoms with Gasteiger partial charge in [0.05, 0.1) is 6.20 Å². The lowest BCUT2D eigenvalue weighted by atomic mass is 10.1. The zero-order chi connectivity index (χ0) is 17.3. The third kappa shape index (κ3) is 3.62. The van der Waals surface area contributed by atoms with E-state index in [0.29, 0.717) is 41.5 Å². The van der Waals surface area contributed by atoms with Crippen LogP contribution in [0.4, 0.5) is 4.79 Å². The standard InChI is InChI=1S/C16H18ClN5O2/c1-16(2,3)24-15(23)22-6-4-10(5-7-22)14-18-8-11-12(21-14)13(17)20-9-19-11/h4,8-9H,5-7H2,1-3H3. The molecule has 3 rings (SSSR count). The average Bonchev–Trinajstić information content (AvgIpc) is 2.53. The van der Waals surface area contributed by atoms with Gasteiger partial charge in [0, 0.05) is 13.1 Å². The van der Waals surface area contributed by atoms with Crippen LogP contribution < -0.4 is 0 Å². The molecule has 0 saturated carbocycles. The highest BCUT2D eigenvalue weighted by atomic mass is 35.5. The van der Waals surface area contributed by atoms with Crippen molar-refractivity contribution >= 4 is 34.3 Å². The summed E-state index contributed by atoms with van der Waals surface area (Å²) in [5.41, 5.74) is 1.60. The predicted molar refractivity (Wildman–Crippen MR) is 90.5 cm³/mol. The number of carbonyl (C=O) groups is 1. The molecule has 8 heteroatoms. The minimum Gasteiger partial charge on any atom is -0.444 e. The van der Waals surface area contributed by atoms with E-state index in [-0.39, 0.29) is 6.09 Å². The Labute approximate surface area is 144 Å². The lowest BCUT2D eigenvalue weighted by molar-refractivity contribution is 0.0270. The van der Waals surface area contributed by atoms with E-state index in [9.17, 15) is 4.79 Å². The average molecular weight is 348 g/mol. The van der Waals surface area contributed by atoms with Gasteiger partial charge in [0.2, 0.25) is 0 Å². The highest BCUT2D eigenvalue weighted by Crippen LogP contribution is 2.23. The number of amides is 1. The van der Waals surface area contributed by atoms with Crippen molar-refractivity contribution in [3.05, 3.63) is 29.6 Å². The number of ether oxygens (including phenoxy) is 1. The van der Waals surface area contributed by atoms with E-state index >= 15 is 0 Å². The number of rotatable bonds is 1. The number of nitrogens with zero attached hydrogens (tertiary/aromatic N) is 5. The molecule has 1 aliphatic rings. The zero-order valence-electron chi connectivity index (χ0n) is 13.8. The number of fused-ring (bicyclic) bond motifs is 1. The van der Waals surface area contributed by atoms with Crippen LogP contribution in [0.2, 0.25) is 5.15 Å². The third-order valence-electron chi connectivity index (χ3n) is 3.48. The molecule has 24 heavy (non-hydrogen) atoms. The van der Waals surface area contributed by atoms with E-state index in [2.05, 4.69) is 19.9 Å². The topological polar surface area (TPSA) is 81.1 Å². The lowest BCUT2D eigenvalue weighted by Gasteiger charge is -2.29. The van der Waals surface area contributed by atoms with Crippen molar-refractivity contribution in [2.75, 3.05) is 13.1 Å². The Bertz CT molecular complexity index is 816. The maximum absolute atomic E-state index is 12.1. The van der Waals surface area contributed by atoms with Gasteiger partial charge in [0.15, 0.2) is 11.0 Å². The fourth-order valence-corrected chi connectivity index (χ4v) is 2.53. The summed E-state index contributed by atoms with van der Waals surface area (Å²) in [6.45, 7) is 6.58. The molecule has 0 N–H and O–H groups in total. The molecular formula is C16H18ClN5O2. The molecule has 0 unspecified atom stereocenters. The predicted octanol–water partition coefficient (Wildman–Crippen LogP) is 3.10. The molecule has 0 radical (unpaired) electrons. The lowest BCUT2D eigenvalue weighted by Crippen LogP contribution is -2.39. The first-order chi connectivity index (χ1) is 11.3. The minimum atomic E-state index is -0.501. The molecule has 1 aliphatic heterocycles. The fourth-order valence-electron chi connectivity index (χ4n) is 2.34. The minimum absolute atomic E-state index is 0.301. The second kappa shape index (κ2) is 6.32. The Hall–Kier alpha value is -2.28. The Morgan fingerprint density at radius 1 is 1.29 bits per heavy atom. The summed E-state index contributed by atoms with van der Waals surface area (Å²) in [5, 5.41) is 0.301. The smallest absolute Gasteiger partial charge is 0.410 e. The van der Waals surface area contributed by atoms with Crippen molar-refractivity contribution in [2.24, 2.45) is 0 Å². The molecule has 0 bridgehead atoms. The number of carbonyl (C=O) groups excluding carboxylic acids is 1. The van der Waals surface area contributed by atoms with E-state index in [0.717, 1.165) is 5.57 Å². The Morgan fingerprint density at radius 2 is 2.08 bits per heavy atom. The second-order valence-electron chi connectivity index (χ2n) is 6.50. The Balaban J connectivity index is 1.78. The SMILES string of the molecule is CC(C)(C)OC(=O)N1CC=C(c2ncc3ncnc(Cl)c3n2)CC1. The molecule has 3 heterocycles. The quantitative estimate of drug-likeness (QED) is 0.737. The van der Waals surface area contributed by atoms with Crippen molar-refractivity contribution < 1.29 is 9.53 Å². The van der Waals surface area contributed by atoms with Gasteiger partial charge in [-0.15, -0.1) is 0 Å². The van der Waals surface area contributed by atoms with Gasteiger partial charge in [-0.2, -0.15) is 0 Å². The molecular weight excluding hydrogens is 330 g/mol. The number of halogens is 1. The highest BCUT2D eigenvalue weighted by Gasteiger charge is 2.24.